The lowest BCUT2D eigenvalue weighted by molar-refractivity contribution is -0.271. The molecule has 0 spiro atoms. The standard InChI is InChI=1S/C8H12O6/c1-4(2)6(14-13)3-5(7(9)10)8(11)12/h5-6,13H,1,3H2,2H3,(H,9,10)(H,11,12). The van der Waals surface area contributed by atoms with Gasteiger partial charge in [-0.25, -0.2) is 4.89 Å². The Morgan fingerprint density at radius 2 is 1.79 bits per heavy atom. The molecule has 0 rings (SSSR count). The van der Waals surface area contributed by atoms with Gasteiger partial charge in [0, 0.05) is 6.42 Å². The Hall–Kier alpha value is -1.40. The number of carboxylic acids is 2. The second-order valence-electron chi connectivity index (χ2n) is 2.91. The van der Waals surface area contributed by atoms with E-state index in [0.29, 0.717) is 5.57 Å². The Morgan fingerprint density at radius 1 is 1.36 bits per heavy atom. The molecule has 0 aromatic heterocycles. The summed E-state index contributed by atoms with van der Waals surface area (Å²) < 4.78 is 0. The molecule has 0 aliphatic carbocycles. The molecule has 0 radical (unpaired) electrons. The summed E-state index contributed by atoms with van der Waals surface area (Å²) >= 11 is 0. The van der Waals surface area contributed by atoms with Crippen molar-refractivity contribution in [2.75, 3.05) is 0 Å². The van der Waals surface area contributed by atoms with Gasteiger partial charge in [-0.2, -0.15) is 0 Å². The normalized spacial score (nSPS) is 12.5. The molecule has 14 heavy (non-hydrogen) atoms. The zero-order valence-corrected chi connectivity index (χ0v) is 7.64. The fourth-order valence-electron chi connectivity index (χ4n) is 0.856. The van der Waals surface area contributed by atoms with Gasteiger partial charge < -0.3 is 10.2 Å². The summed E-state index contributed by atoms with van der Waals surface area (Å²) in [6, 6.07) is 0. The van der Waals surface area contributed by atoms with Crippen LogP contribution in [0.4, 0.5) is 0 Å². The van der Waals surface area contributed by atoms with Crippen molar-refractivity contribution in [2.24, 2.45) is 5.92 Å². The van der Waals surface area contributed by atoms with E-state index in [1.807, 2.05) is 0 Å². The molecule has 1 atom stereocenters. The fourth-order valence-corrected chi connectivity index (χ4v) is 0.856. The van der Waals surface area contributed by atoms with Gasteiger partial charge in [-0.1, -0.05) is 6.58 Å². The Bertz CT molecular complexity index is 232. The molecule has 0 bridgehead atoms. The Morgan fingerprint density at radius 3 is 2.00 bits per heavy atom. The molecule has 1 unspecified atom stereocenters. The van der Waals surface area contributed by atoms with Crippen molar-refractivity contribution in [1.29, 1.82) is 0 Å². The van der Waals surface area contributed by atoms with Gasteiger partial charge >= 0.3 is 11.9 Å². The van der Waals surface area contributed by atoms with E-state index in [1.165, 1.54) is 6.92 Å². The minimum Gasteiger partial charge on any atom is -0.481 e. The van der Waals surface area contributed by atoms with Crippen LogP contribution in [0, 0.1) is 5.92 Å². The highest BCUT2D eigenvalue weighted by atomic mass is 17.1. The van der Waals surface area contributed by atoms with Gasteiger partial charge in [0.15, 0.2) is 5.92 Å². The molecule has 6 heteroatoms. The molecule has 0 aromatic carbocycles. The van der Waals surface area contributed by atoms with Crippen LogP contribution in [0.25, 0.3) is 0 Å². The van der Waals surface area contributed by atoms with Crippen molar-refractivity contribution in [3.05, 3.63) is 12.2 Å². The van der Waals surface area contributed by atoms with Crippen molar-refractivity contribution in [2.45, 2.75) is 19.4 Å². The predicted molar refractivity (Wildman–Crippen MR) is 45.7 cm³/mol. The number of carbonyl (C=O) groups is 2. The zero-order valence-electron chi connectivity index (χ0n) is 7.64. The largest absolute Gasteiger partial charge is 0.481 e. The van der Waals surface area contributed by atoms with E-state index in [2.05, 4.69) is 11.5 Å². The van der Waals surface area contributed by atoms with Crippen LogP contribution in [-0.4, -0.2) is 33.5 Å². The molecule has 0 saturated heterocycles. The zero-order chi connectivity index (χ0) is 11.3. The molecule has 0 heterocycles. The van der Waals surface area contributed by atoms with Gasteiger partial charge in [-0.15, -0.1) is 0 Å². The number of carboxylic acid groups (broad SMARTS) is 2. The van der Waals surface area contributed by atoms with Crippen LogP contribution in [0.2, 0.25) is 0 Å². The van der Waals surface area contributed by atoms with Gasteiger partial charge in [0.2, 0.25) is 0 Å². The van der Waals surface area contributed by atoms with E-state index < -0.39 is 24.0 Å². The number of hydrogen-bond donors (Lipinski definition) is 3. The predicted octanol–water partition coefficient (Wildman–Crippen LogP) is 0.596. The summed E-state index contributed by atoms with van der Waals surface area (Å²) in [7, 11) is 0. The van der Waals surface area contributed by atoms with E-state index in [-0.39, 0.29) is 6.42 Å². The van der Waals surface area contributed by atoms with E-state index in [1.54, 1.807) is 0 Å². The summed E-state index contributed by atoms with van der Waals surface area (Å²) in [6.45, 7) is 4.93. The molecule has 0 fully saturated rings. The first-order valence-corrected chi connectivity index (χ1v) is 3.81. The number of aliphatic carboxylic acids is 2. The summed E-state index contributed by atoms with van der Waals surface area (Å²) in [5.41, 5.74) is 0.361. The minimum atomic E-state index is -1.61. The molecule has 0 saturated carbocycles. The van der Waals surface area contributed by atoms with Crippen molar-refractivity contribution >= 4 is 11.9 Å². The lowest BCUT2D eigenvalue weighted by atomic mass is 9.98. The first-order valence-electron chi connectivity index (χ1n) is 3.81. The second-order valence-corrected chi connectivity index (χ2v) is 2.91. The molecule has 80 valence electrons. The smallest absolute Gasteiger partial charge is 0.317 e. The molecule has 0 aliphatic rings. The summed E-state index contributed by atoms with van der Waals surface area (Å²) in [5.74, 6) is -4.55. The highest BCUT2D eigenvalue weighted by Gasteiger charge is 2.30. The molecular formula is C8H12O6. The second kappa shape index (κ2) is 5.36. The van der Waals surface area contributed by atoms with E-state index in [0.717, 1.165) is 0 Å². The molecule has 0 aromatic rings. The highest BCUT2D eigenvalue weighted by Crippen LogP contribution is 2.15. The van der Waals surface area contributed by atoms with Gasteiger partial charge in [0.1, 0.15) is 6.10 Å². The van der Waals surface area contributed by atoms with Crippen molar-refractivity contribution < 1.29 is 29.9 Å². The molecule has 0 amide bonds. The van der Waals surface area contributed by atoms with Crippen molar-refractivity contribution in [1.82, 2.24) is 0 Å². The van der Waals surface area contributed by atoms with Crippen LogP contribution in [-0.2, 0) is 14.5 Å². The van der Waals surface area contributed by atoms with Crippen LogP contribution in [0.5, 0.6) is 0 Å². The minimum absolute atomic E-state index is 0.351. The highest BCUT2D eigenvalue weighted by molar-refractivity contribution is 5.92. The van der Waals surface area contributed by atoms with Crippen molar-refractivity contribution in [3.63, 3.8) is 0 Å². The summed E-state index contributed by atoms with van der Waals surface area (Å²) in [5, 5.41) is 25.4. The molecule has 6 nitrogen and oxygen atoms in total. The maximum atomic E-state index is 10.5. The van der Waals surface area contributed by atoms with Crippen LogP contribution in [0.3, 0.4) is 0 Å². The molecule has 0 aliphatic heterocycles. The third-order valence-corrected chi connectivity index (χ3v) is 1.72. The quantitative estimate of drug-likeness (QED) is 0.253. The van der Waals surface area contributed by atoms with E-state index in [4.69, 9.17) is 15.5 Å². The fraction of sp³-hybridized carbons (Fsp3) is 0.500. The summed E-state index contributed by atoms with van der Waals surface area (Å²) in [6.07, 6.45) is -1.33. The van der Waals surface area contributed by atoms with Gasteiger partial charge in [-0.05, 0) is 12.5 Å². The maximum absolute atomic E-state index is 10.5. The Labute approximate surface area is 80.4 Å². The Balaban J connectivity index is 4.49. The third kappa shape index (κ3) is 3.55. The number of rotatable bonds is 6. The average molecular weight is 204 g/mol. The topological polar surface area (TPSA) is 104 Å². The van der Waals surface area contributed by atoms with Crippen molar-refractivity contribution in [3.8, 4) is 0 Å². The van der Waals surface area contributed by atoms with Gasteiger partial charge in [0.25, 0.3) is 0 Å². The third-order valence-electron chi connectivity index (χ3n) is 1.72. The average Bonchev–Trinajstić information content (AvgIpc) is 2.03. The van der Waals surface area contributed by atoms with Gasteiger partial charge in [0.05, 0.1) is 0 Å². The van der Waals surface area contributed by atoms with E-state index >= 15 is 0 Å². The molecule has 3 N–H and O–H groups in total. The van der Waals surface area contributed by atoms with E-state index in [9.17, 15) is 9.59 Å². The van der Waals surface area contributed by atoms with Gasteiger partial charge in [-0.3, -0.25) is 14.8 Å². The SMILES string of the molecule is C=C(C)C(CC(C(=O)O)C(=O)O)OO. The molecular weight excluding hydrogens is 192 g/mol. The van der Waals surface area contributed by atoms with Crippen LogP contribution < -0.4 is 0 Å². The van der Waals surface area contributed by atoms with Crippen LogP contribution in [0.15, 0.2) is 12.2 Å². The first-order chi connectivity index (χ1) is 6.40. The Kier molecular flexibility index (Phi) is 4.82. The monoisotopic (exact) mass is 204 g/mol. The number of hydrogen-bond acceptors (Lipinski definition) is 4. The summed E-state index contributed by atoms with van der Waals surface area (Å²) in [4.78, 5) is 24.9. The maximum Gasteiger partial charge on any atom is 0.317 e. The first kappa shape index (κ1) is 12.6. The van der Waals surface area contributed by atoms with Crippen LogP contribution >= 0.6 is 0 Å². The van der Waals surface area contributed by atoms with Crippen LogP contribution in [0.1, 0.15) is 13.3 Å². The lowest BCUT2D eigenvalue weighted by Gasteiger charge is -2.15. The lowest BCUT2D eigenvalue weighted by Crippen LogP contribution is -2.29.